The van der Waals surface area contributed by atoms with Gasteiger partial charge in [0.1, 0.15) is 11.5 Å². The van der Waals surface area contributed by atoms with Gasteiger partial charge >= 0.3 is 0 Å². The van der Waals surface area contributed by atoms with E-state index in [1.54, 1.807) is 11.1 Å². The van der Waals surface area contributed by atoms with Crippen LogP contribution in [0.15, 0.2) is 30.6 Å². The average molecular weight is 340 g/mol. The van der Waals surface area contributed by atoms with Crippen molar-refractivity contribution in [3.05, 3.63) is 47.4 Å². The molecule has 1 aliphatic rings. The first-order valence-corrected chi connectivity index (χ1v) is 8.62. The second-order valence-corrected chi connectivity index (χ2v) is 6.51. The molecule has 1 aliphatic heterocycles. The molecule has 2 heterocycles. The second kappa shape index (κ2) is 7.61. The van der Waals surface area contributed by atoms with Gasteiger partial charge in [0.25, 0.3) is 5.91 Å². The van der Waals surface area contributed by atoms with Crippen LogP contribution in [-0.4, -0.2) is 47.1 Å². The maximum atomic E-state index is 12.4. The number of aromatic nitrogens is 2. The van der Waals surface area contributed by atoms with Crippen molar-refractivity contribution in [2.75, 3.05) is 31.6 Å². The van der Waals surface area contributed by atoms with Gasteiger partial charge in [0.05, 0.1) is 25.6 Å². The van der Waals surface area contributed by atoms with Crippen LogP contribution in [-0.2, 0) is 4.74 Å². The predicted molar refractivity (Wildman–Crippen MR) is 97.3 cm³/mol. The molecule has 1 aromatic heterocycles. The van der Waals surface area contributed by atoms with E-state index in [0.29, 0.717) is 43.7 Å². The summed E-state index contributed by atoms with van der Waals surface area (Å²) in [5.74, 6) is 0.938. The maximum Gasteiger partial charge on any atom is 0.274 e. The number of ether oxygens (including phenoxy) is 1. The standard InChI is InChI=1S/C19H24N4O2/c1-13(2)15-6-4-5-14(3)18(15)22-17-12-20-16(11-21-17)19(24)23-7-9-25-10-8-23/h4-6,11-13H,7-10H2,1-3H3,(H,21,22). The molecule has 0 atom stereocenters. The number of para-hydroxylation sites is 1. The summed E-state index contributed by atoms with van der Waals surface area (Å²) in [6.45, 7) is 8.74. The van der Waals surface area contributed by atoms with Crippen molar-refractivity contribution in [1.29, 1.82) is 0 Å². The molecule has 1 aromatic carbocycles. The van der Waals surface area contributed by atoms with Crippen LogP contribution in [0.5, 0.6) is 0 Å². The Morgan fingerprint density at radius 2 is 1.96 bits per heavy atom. The number of hydrogen-bond acceptors (Lipinski definition) is 5. The summed E-state index contributed by atoms with van der Waals surface area (Å²) >= 11 is 0. The first-order chi connectivity index (χ1) is 12.1. The fourth-order valence-electron chi connectivity index (χ4n) is 2.90. The number of nitrogens with one attached hydrogen (secondary N) is 1. The van der Waals surface area contributed by atoms with E-state index in [4.69, 9.17) is 4.74 Å². The van der Waals surface area contributed by atoms with E-state index in [0.717, 1.165) is 11.3 Å². The Bertz CT molecular complexity index is 738. The summed E-state index contributed by atoms with van der Waals surface area (Å²) in [5, 5.41) is 3.35. The minimum absolute atomic E-state index is 0.0962. The quantitative estimate of drug-likeness (QED) is 0.926. The number of amides is 1. The largest absolute Gasteiger partial charge is 0.378 e. The third kappa shape index (κ3) is 3.96. The number of hydrogen-bond donors (Lipinski definition) is 1. The summed E-state index contributed by atoms with van der Waals surface area (Å²) in [6, 6.07) is 6.24. The highest BCUT2D eigenvalue weighted by Crippen LogP contribution is 2.29. The summed E-state index contributed by atoms with van der Waals surface area (Å²) < 4.78 is 5.27. The highest BCUT2D eigenvalue weighted by molar-refractivity contribution is 5.92. The number of carbonyl (C=O) groups is 1. The van der Waals surface area contributed by atoms with Crippen LogP contribution >= 0.6 is 0 Å². The molecule has 0 spiro atoms. The number of aryl methyl sites for hydroxylation is 1. The van der Waals surface area contributed by atoms with E-state index >= 15 is 0 Å². The van der Waals surface area contributed by atoms with E-state index in [1.165, 1.54) is 11.8 Å². The summed E-state index contributed by atoms with van der Waals surface area (Å²) in [7, 11) is 0. The lowest BCUT2D eigenvalue weighted by atomic mass is 9.98. The molecule has 0 unspecified atom stereocenters. The fraction of sp³-hybridized carbons (Fsp3) is 0.421. The normalized spacial score (nSPS) is 14.6. The molecule has 1 amide bonds. The van der Waals surface area contributed by atoms with Crippen LogP contribution in [0.25, 0.3) is 0 Å². The third-order valence-electron chi connectivity index (χ3n) is 4.35. The number of carbonyl (C=O) groups excluding carboxylic acids is 1. The van der Waals surface area contributed by atoms with Gasteiger partial charge in [0, 0.05) is 18.8 Å². The highest BCUT2D eigenvalue weighted by Gasteiger charge is 2.20. The van der Waals surface area contributed by atoms with Crippen molar-refractivity contribution in [2.45, 2.75) is 26.7 Å². The first-order valence-electron chi connectivity index (χ1n) is 8.62. The summed E-state index contributed by atoms with van der Waals surface area (Å²) in [4.78, 5) is 22.8. The minimum atomic E-state index is -0.0962. The molecule has 0 saturated carbocycles. The van der Waals surface area contributed by atoms with E-state index in [9.17, 15) is 4.79 Å². The van der Waals surface area contributed by atoms with E-state index < -0.39 is 0 Å². The van der Waals surface area contributed by atoms with E-state index in [2.05, 4.69) is 54.3 Å². The average Bonchev–Trinajstić information content (AvgIpc) is 2.64. The smallest absolute Gasteiger partial charge is 0.274 e. The molecule has 6 nitrogen and oxygen atoms in total. The highest BCUT2D eigenvalue weighted by atomic mass is 16.5. The molecule has 2 aromatic rings. The number of benzene rings is 1. The lowest BCUT2D eigenvalue weighted by Gasteiger charge is -2.26. The van der Waals surface area contributed by atoms with Gasteiger partial charge in [0.15, 0.2) is 0 Å². The van der Waals surface area contributed by atoms with Crippen molar-refractivity contribution in [2.24, 2.45) is 0 Å². The second-order valence-electron chi connectivity index (χ2n) is 6.51. The first kappa shape index (κ1) is 17.4. The molecule has 1 N–H and O–H groups in total. The Morgan fingerprint density at radius 1 is 1.20 bits per heavy atom. The van der Waals surface area contributed by atoms with Crippen LogP contribution in [0.1, 0.15) is 41.4 Å². The van der Waals surface area contributed by atoms with Gasteiger partial charge in [-0.3, -0.25) is 4.79 Å². The number of morpholine rings is 1. The lowest BCUT2D eigenvalue weighted by molar-refractivity contribution is 0.0298. The van der Waals surface area contributed by atoms with Gasteiger partial charge in [-0.15, -0.1) is 0 Å². The molecule has 0 aliphatic carbocycles. The monoisotopic (exact) mass is 340 g/mol. The lowest BCUT2D eigenvalue weighted by Crippen LogP contribution is -2.41. The van der Waals surface area contributed by atoms with E-state index in [-0.39, 0.29) is 5.91 Å². The van der Waals surface area contributed by atoms with Gasteiger partial charge in [-0.2, -0.15) is 0 Å². The molecule has 0 bridgehead atoms. The molecular formula is C19H24N4O2. The van der Waals surface area contributed by atoms with Gasteiger partial charge in [-0.1, -0.05) is 32.0 Å². The Morgan fingerprint density at radius 3 is 2.60 bits per heavy atom. The zero-order valence-corrected chi connectivity index (χ0v) is 15.0. The van der Waals surface area contributed by atoms with Gasteiger partial charge < -0.3 is 15.0 Å². The number of nitrogens with zero attached hydrogens (tertiary/aromatic N) is 3. The number of rotatable bonds is 4. The molecule has 1 saturated heterocycles. The van der Waals surface area contributed by atoms with E-state index in [1.807, 2.05) is 0 Å². The molecule has 0 radical (unpaired) electrons. The van der Waals surface area contributed by atoms with Gasteiger partial charge in [-0.25, -0.2) is 9.97 Å². The van der Waals surface area contributed by atoms with Crippen LogP contribution < -0.4 is 5.32 Å². The van der Waals surface area contributed by atoms with Crippen LogP contribution in [0.4, 0.5) is 11.5 Å². The Balaban J connectivity index is 1.76. The molecule has 132 valence electrons. The van der Waals surface area contributed by atoms with Crippen LogP contribution in [0.2, 0.25) is 0 Å². The number of anilines is 2. The zero-order chi connectivity index (χ0) is 17.8. The Kier molecular flexibility index (Phi) is 5.28. The van der Waals surface area contributed by atoms with Crippen molar-refractivity contribution in [1.82, 2.24) is 14.9 Å². The van der Waals surface area contributed by atoms with Crippen molar-refractivity contribution in [3.8, 4) is 0 Å². The molecule has 1 fully saturated rings. The summed E-state index contributed by atoms with van der Waals surface area (Å²) in [6.07, 6.45) is 3.15. The van der Waals surface area contributed by atoms with Crippen LogP contribution in [0.3, 0.4) is 0 Å². The molecule has 25 heavy (non-hydrogen) atoms. The predicted octanol–water partition coefficient (Wildman–Crippen LogP) is 3.12. The zero-order valence-electron chi connectivity index (χ0n) is 15.0. The third-order valence-corrected chi connectivity index (χ3v) is 4.35. The van der Waals surface area contributed by atoms with Gasteiger partial charge in [0.2, 0.25) is 0 Å². The SMILES string of the molecule is Cc1cccc(C(C)C)c1Nc1cnc(C(=O)N2CCOCC2)cn1. The van der Waals surface area contributed by atoms with Crippen molar-refractivity contribution >= 4 is 17.4 Å². The fourth-order valence-corrected chi connectivity index (χ4v) is 2.90. The maximum absolute atomic E-state index is 12.4. The summed E-state index contributed by atoms with van der Waals surface area (Å²) in [5.41, 5.74) is 3.80. The van der Waals surface area contributed by atoms with Gasteiger partial charge in [-0.05, 0) is 24.0 Å². The molecular weight excluding hydrogens is 316 g/mol. The van der Waals surface area contributed by atoms with Crippen molar-refractivity contribution in [3.63, 3.8) is 0 Å². The Labute approximate surface area is 148 Å². The van der Waals surface area contributed by atoms with Crippen molar-refractivity contribution < 1.29 is 9.53 Å². The topological polar surface area (TPSA) is 67.4 Å². The van der Waals surface area contributed by atoms with Crippen LogP contribution in [0, 0.1) is 6.92 Å². The Hall–Kier alpha value is -2.47. The molecule has 6 heteroatoms. The molecule has 3 rings (SSSR count). The minimum Gasteiger partial charge on any atom is -0.378 e.